The van der Waals surface area contributed by atoms with Crippen LogP contribution in [0.3, 0.4) is 0 Å². The number of halogens is 2. The van der Waals surface area contributed by atoms with Gasteiger partial charge in [0, 0.05) is 16.1 Å². The van der Waals surface area contributed by atoms with E-state index in [0.717, 1.165) is 29.7 Å². The third-order valence-electron chi connectivity index (χ3n) is 3.87. The monoisotopic (exact) mass is 401 g/mol. The lowest BCUT2D eigenvalue weighted by atomic mass is 10.1. The van der Waals surface area contributed by atoms with Crippen molar-refractivity contribution in [3.05, 3.63) is 81.2 Å². The lowest BCUT2D eigenvalue weighted by Gasteiger charge is -2.02. The minimum Gasteiger partial charge on any atom is -0.508 e. The van der Waals surface area contributed by atoms with Crippen LogP contribution in [0.5, 0.6) is 5.75 Å². The van der Waals surface area contributed by atoms with Gasteiger partial charge in [0.2, 0.25) is 5.89 Å². The fraction of sp³-hybridized carbons (Fsp3) is 0.150. The molecular formula is C20H17BrFNO2. The molecular weight excluding hydrogens is 385 g/mol. The van der Waals surface area contributed by atoms with Gasteiger partial charge in [-0.15, -0.1) is 0 Å². The van der Waals surface area contributed by atoms with Crippen LogP contribution in [0.2, 0.25) is 0 Å². The van der Waals surface area contributed by atoms with Crippen molar-refractivity contribution in [1.29, 1.82) is 0 Å². The zero-order valence-electron chi connectivity index (χ0n) is 13.7. The zero-order chi connectivity index (χ0) is 17.8. The minimum absolute atomic E-state index is 0.304. The first-order valence-corrected chi connectivity index (χ1v) is 8.66. The molecule has 1 N–H and O–H groups in total. The summed E-state index contributed by atoms with van der Waals surface area (Å²) in [5, 5.41) is 9.56. The smallest absolute Gasteiger partial charge is 0.218 e. The molecule has 0 fully saturated rings. The van der Waals surface area contributed by atoms with Crippen molar-refractivity contribution in [2.24, 2.45) is 0 Å². The maximum atomic E-state index is 13.8. The lowest BCUT2D eigenvalue weighted by Crippen LogP contribution is -1.92. The Labute approximate surface area is 154 Å². The van der Waals surface area contributed by atoms with E-state index >= 15 is 0 Å². The predicted molar refractivity (Wildman–Crippen MR) is 99.8 cm³/mol. The Balaban J connectivity index is 1.63. The summed E-state index contributed by atoms with van der Waals surface area (Å²) in [6.45, 7) is 1.87. The Hall–Kier alpha value is -2.40. The van der Waals surface area contributed by atoms with E-state index in [9.17, 15) is 9.50 Å². The van der Waals surface area contributed by atoms with Crippen LogP contribution in [-0.2, 0) is 12.8 Å². The molecule has 0 amide bonds. The Kier molecular flexibility index (Phi) is 5.34. The summed E-state index contributed by atoms with van der Waals surface area (Å²) in [5.74, 6) is 0.442. The van der Waals surface area contributed by atoms with Gasteiger partial charge in [0.05, 0.1) is 5.69 Å². The Bertz CT molecular complexity index is 918. The second-order valence-electron chi connectivity index (χ2n) is 5.80. The van der Waals surface area contributed by atoms with Crippen molar-refractivity contribution in [1.82, 2.24) is 4.98 Å². The highest BCUT2D eigenvalue weighted by Crippen LogP contribution is 2.19. The predicted octanol–water partition coefficient (Wildman–Crippen LogP) is 5.55. The lowest BCUT2D eigenvalue weighted by molar-refractivity contribution is 0.471. The van der Waals surface area contributed by atoms with Crippen LogP contribution < -0.4 is 0 Å². The first-order valence-electron chi connectivity index (χ1n) is 7.87. The van der Waals surface area contributed by atoms with Gasteiger partial charge in [-0.1, -0.05) is 34.1 Å². The Morgan fingerprint density at radius 2 is 2.00 bits per heavy atom. The molecule has 3 rings (SSSR count). The van der Waals surface area contributed by atoms with Crippen molar-refractivity contribution in [3.63, 3.8) is 0 Å². The summed E-state index contributed by atoms with van der Waals surface area (Å²) < 4.78 is 19.9. The standard InChI is InChI=1S/C20H17BrFNO2/c1-13-10-14(3-8-19(13)24)2-7-17-12-25-20(23-17)9-5-15-4-6-16(21)11-18(15)22/h3-6,8-12,24H,2,7H2,1H3/b9-5+. The summed E-state index contributed by atoms with van der Waals surface area (Å²) >= 11 is 3.23. The van der Waals surface area contributed by atoms with Crippen molar-refractivity contribution >= 4 is 28.1 Å². The number of hydrogen-bond acceptors (Lipinski definition) is 3. The van der Waals surface area contributed by atoms with Crippen LogP contribution in [0.1, 0.15) is 28.3 Å². The number of nitrogens with zero attached hydrogens (tertiary/aromatic N) is 1. The largest absolute Gasteiger partial charge is 0.508 e. The van der Waals surface area contributed by atoms with Gasteiger partial charge in [0.25, 0.3) is 0 Å². The van der Waals surface area contributed by atoms with Gasteiger partial charge in [-0.25, -0.2) is 9.37 Å². The molecule has 0 saturated heterocycles. The number of aromatic hydroxyl groups is 1. The van der Waals surface area contributed by atoms with E-state index in [1.165, 1.54) is 6.07 Å². The van der Waals surface area contributed by atoms with Crippen LogP contribution >= 0.6 is 15.9 Å². The molecule has 1 heterocycles. The third kappa shape index (κ3) is 4.57. The number of phenolic OH excluding ortho intramolecular Hbond substituents is 1. The van der Waals surface area contributed by atoms with E-state index < -0.39 is 0 Å². The average Bonchev–Trinajstić information content (AvgIpc) is 3.03. The number of hydrogen-bond donors (Lipinski definition) is 1. The van der Waals surface area contributed by atoms with Crippen LogP contribution in [0.15, 0.2) is 51.6 Å². The molecule has 0 bridgehead atoms. The van der Waals surface area contributed by atoms with Gasteiger partial charge in [-0.05, 0) is 55.2 Å². The maximum Gasteiger partial charge on any atom is 0.218 e. The summed E-state index contributed by atoms with van der Waals surface area (Å²) in [7, 11) is 0. The molecule has 25 heavy (non-hydrogen) atoms. The molecule has 0 atom stereocenters. The quantitative estimate of drug-likeness (QED) is 0.609. The van der Waals surface area contributed by atoms with Crippen LogP contribution in [0, 0.1) is 12.7 Å². The van der Waals surface area contributed by atoms with Crippen molar-refractivity contribution in [2.75, 3.05) is 0 Å². The number of aryl methyl sites for hydroxylation is 3. The van der Waals surface area contributed by atoms with Gasteiger partial charge in [-0.3, -0.25) is 0 Å². The molecule has 0 aliphatic rings. The molecule has 128 valence electrons. The Morgan fingerprint density at radius 1 is 1.16 bits per heavy atom. The summed E-state index contributed by atoms with van der Waals surface area (Å²) in [6.07, 6.45) is 6.44. The normalized spacial score (nSPS) is 11.3. The second kappa shape index (κ2) is 7.66. The summed E-state index contributed by atoms with van der Waals surface area (Å²) in [5.41, 5.74) is 3.30. The first kappa shape index (κ1) is 17.4. The highest BCUT2D eigenvalue weighted by molar-refractivity contribution is 9.10. The van der Waals surface area contributed by atoms with Crippen molar-refractivity contribution in [3.8, 4) is 5.75 Å². The SMILES string of the molecule is Cc1cc(CCc2coc(/C=C/c3ccc(Br)cc3F)n2)ccc1O. The van der Waals surface area contributed by atoms with Gasteiger partial charge in [-0.2, -0.15) is 0 Å². The second-order valence-corrected chi connectivity index (χ2v) is 6.71. The van der Waals surface area contributed by atoms with E-state index in [1.807, 2.05) is 19.1 Å². The average molecular weight is 402 g/mol. The van der Waals surface area contributed by atoms with E-state index in [-0.39, 0.29) is 5.82 Å². The van der Waals surface area contributed by atoms with Crippen LogP contribution in [0.4, 0.5) is 4.39 Å². The highest BCUT2D eigenvalue weighted by Gasteiger charge is 2.05. The fourth-order valence-electron chi connectivity index (χ4n) is 2.46. The van der Waals surface area contributed by atoms with Crippen LogP contribution in [-0.4, -0.2) is 10.1 Å². The van der Waals surface area contributed by atoms with E-state index in [0.29, 0.717) is 21.7 Å². The molecule has 0 unspecified atom stereocenters. The van der Waals surface area contributed by atoms with Gasteiger partial charge >= 0.3 is 0 Å². The van der Waals surface area contributed by atoms with Crippen LogP contribution in [0.25, 0.3) is 12.2 Å². The molecule has 3 nitrogen and oxygen atoms in total. The molecule has 2 aromatic carbocycles. The van der Waals surface area contributed by atoms with E-state index in [1.54, 1.807) is 36.6 Å². The van der Waals surface area contributed by atoms with E-state index in [4.69, 9.17) is 4.42 Å². The minimum atomic E-state index is -0.305. The number of aromatic nitrogens is 1. The molecule has 5 heteroatoms. The number of oxazole rings is 1. The number of rotatable bonds is 5. The third-order valence-corrected chi connectivity index (χ3v) is 4.36. The first-order chi connectivity index (χ1) is 12.0. The van der Waals surface area contributed by atoms with Crippen molar-refractivity contribution < 1.29 is 13.9 Å². The molecule has 0 radical (unpaired) electrons. The molecule has 1 aromatic heterocycles. The highest BCUT2D eigenvalue weighted by atomic mass is 79.9. The Morgan fingerprint density at radius 3 is 2.76 bits per heavy atom. The van der Waals surface area contributed by atoms with Gasteiger partial charge in [0.15, 0.2) is 0 Å². The molecule has 0 saturated carbocycles. The number of phenols is 1. The molecule has 3 aromatic rings. The zero-order valence-corrected chi connectivity index (χ0v) is 15.3. The van der Waals surface area contributed by atoms with Gasteiger partial charge in [0.1, 0.15) is 17.8 Å². The molecule has 0 aliphatic carbocycles. The fourth-order valence-corrected chi connectivity index (χ4v) is 2.79. The number of benzene rings is 2. The molecule has 0 spiro atoms. The van der Waals surface area contributed by atoms with Gasteiger partial charge < -0.3 is 9.52 Å². The summed E-state index contributed by atoms with van der Waals surface area (Å²) in [6, 6.07) is 10.5. The van der Waals surface area contributed by atoms with Crippen molar-refractivity contribution in [2.45, 2.75) is 19.8 Å². The summed E-state index contributed by atoms with van der Waals surface area (Å²) in [4.78, 5) is 4.39. The molecule has 0 aliphatic heterocycles. The van der Waals surface area contributed by atoms with E-state index in [2.05, 4.69) is 20.9 Å². The maximum absolute atomic E-state index is 13.8. The topological polar surface area (TPSA) is 46.3 Å².